The number of benzene rings is 2. The Labute approximate surface area is 170 Å². The van der Waals surface area contributed by atoms with Gasteiger partial charge in [0, 0.05) is 30.9 Å². The molecule has 1 N–H and O–H groups in total. The zero-order chi connectivity index (χ0) is 20.2. The van der Waals surface area contributed by atoms with E-state index in [0.29, 0.717) is 10.9 Å². The van der Waals surface area contributed by atoms with Crippen LogP contribution in [0.3, 0.4) is 0 Å². The first-order valence-electron chi connectivity index (χ1n) is 8.99. The Kier molecular flexibility index (Phi) is 5.54. The minimum absolute atomic E-state index is 0.0345. The van der Waals surface area contributed by atoms with E-state index in [-0.39, 0.29) is 18.2 Å². The van der Waals surface area contributed by atoms with Crippen LogP contribution in [0.2, 0.25) is 0 Å². The number of hydrogen-bond donors (Lipinski definition) is 1. The van der Waals surface area contributed by atoms with Crippen LogP contribution in [0.25, 0.3) is 10.2 Å². The number of non-ortho nitro benzene ring substituents is 1. The Bertz CT molecular complexity index is 1030. The first-order chi connectivity index (χ1) is 14.1. The van der Waals surface area contributed by atoms with Crippen LogP contribution in [-0.4, -0.2) is 48.7 Å². The number of thiazole rings is 1. The smallest absolute Gasteiger partial charge is 0.269 e. The van der Waals surface area contributed by atoms with E-state index in [1.54, 1.807) is 0 Å². The summed E-state index contributed by atoms with van der Waals surface area (Å²) >= 11 is 1.40. The summed E-state index contributed by atoms with van der Waals surface area (Å²) in [6.45, 7) is 2.93. The molecule has 1 amide bonds. The molecule has 4 rings (SSSR count). The van der Waals surface area contributed by atoms with Gasteiger partial charge in [0.25, 0.3) is 11.6 Å². The topological polar surface area (TPSA) is 107 Å². The fourth-order valence-electron chi connectivity index (χ4n) is 2.95. The average Bonchev–Trinajstić information content (AvgIpc) is 3.14. The molecule has 1 saturated heterocycles. The average molecular weight is 414 g/mol. The van der Waals surface area contributed by atoms with Crippen LogP contribution in [0.15, 0.2) is 42.5 Å². The zero-order valence-corrected chi connectivity index (χ0v) is 16.2. The molecule has 0 radical (unpaired) electrons. The highest BCUT2D eigenvalue weighted by Gasteiger charge is 2.14. The number of anilines is 2. The number of nitro benzene ring substituents is 1. The number of morpholine rings is 1. The number of rotatable bonds is 6. The van der Waals surface area contributed by atoms with Gasteiger partial charge in [-0.3, -0.25) is 20.2 Å². The number of amides is 1. The molecule has 0 bridgehead atoms. The van der Waals surface area contributed by atoms with Crippen molar-refractivity contribution in [1.29, 1.82) is 0 Å². The van der Waals surface area contributed by atoms with Crippen molar-refractivity contribution >= 4 is 44.0 Å². The van der Waals surface area contributed by atoms with Crippen molar-refractivity contribution < 1.29 is 19.2 Å². The predicted octanol–water partition coefficient (Wildman–Crippen LogP) is 3.06. The van der Waals surface area contributed by atoms with Gasteiger partial charge >= 0.3 is 0 Å². The van der Waals surface area contributed by atoms with E-state index in [2.05, 4.69) is 21.3 Å². The molecule has 0 saturated carbocycles. The third-order valence-corrected chi connectivity index (χ3v) is 5.35. The molecule has 0 spiro atoms. The van der Waals surface area contributed by atoms with Crippen molar-refractivity contribution in [3.05, 3.63) is 52.6 Å². The van der Waals surface area contributed by atoms with Crippen LogP contribution < -0.4 is 15.0 Å². The van der Waals surface area contributed by atoms with Gasteiger partial charge in [-0.25, -0.2) is 4.98 Å². The lowest BCUT2D eigenvalue weighted by molar-refractivity contribution is -0.384. The van der Waals surface area contributed by atoms with E-state index in [1.165, 1.54) is 35.6 Å². The van der Waals surface area contributed by atoms with E-state index < -0.39 is 4.92 Å². The maximum absolute atomic E-state index is 12.2. The summed E-state index contributed by atoms with van der Waals surface area (Å²) in [5, 5.41) is 13.9. The highest BCUT2D eigenvalue weighted by Crippen LogP contribution is 2.30. The summed E-state index contributed by atoms with van der Waals surface area (Å²) in [5.74, 6) is 0.0287. The summed E-state index contributed by atoms with van der Waals surface area (Å²) in [4.78, 5) is 29.0. The normalized spacial score (nSPS) is 14.0. The van der Waals surface area contributed by atoms with Gasteiger partial charge in [0.15, 0.2) is 11.7 Å². The van der Waals surface area contributed by atoms with E-state index in [9.17, 15) is 14.9 Å². The lowest BCUT2D eigenvalue weighted by Crippen LogP contribution is -2.36. The Morgan fingerprint density at radius 2 is 2.00 bits per heavy atom. The summed E-state index contributed by atoms with van der Waals surface area (Å²) in [7, 11) is 0. The minimum Gasteiger partial charge on any atom is -0.484 e. The van der Waals surface area contributed by atoms with Gasteiger partial charge in [0.05, 0.1) is 28.4 Å². The van der Waals surface area contributed by atoms with Gasteiger partial charge in [-0.15, -0.1) is 0 Å². The standard InChI is InChI=1S/C19H18N4O5S/c24-18(12-28-15-4-1-13(2-5-15)23(25)26)21-19-20-16-6-3-14(11-17(16)29-19)22-7-9-27-10-8-22/h1-6,11H,7-10,12H2,(H,20,21,24). The van der Waals surface area contributed by atoms with Crippen molar-refractivity contribution in [3.63, 3.8) is 0 Å². The molecule has 150 valence electrons. The van der Waals surface area contributed by atoms with Gasteiger partial charge in [-0.05, 0) is 30.3 Å². The summed E-state index contributed by atoms with van der Waals surface area (Å²) in [6.07, 6.45) is 0. The molecule has 1 aliphatic rings. The lowest BCUT2D eigenvalue weighted by atomic mass is 10.2. The number of carbonyl (C=O) groups is 1. The van der Waals surface area contributed by atoms with E-state index >= 15 is 0 Å². The van der Waals surface area contributed by atoms with Crippen LogP contribution in [0.5, 0.6) is 5.75 Å². The molecule has 1 aromatic heterocycles. The predicted molar refractivity (Wildman–Crippen MR) is 110 cm³/mol. The number of carbonyl (C=O) groups excluding carboxylic acids is 1. The zero-order valence-electron chi connectivity index (χ0n) is 15.4. The Morgan fingerprint density at radius 1 is 1.24 bits per heavy atom. The molecular formula is C19H18N4O5S. The molecule has 3 aromatic rings. The molecule has 0 unspecified atom stereocenters. The second-order valence-electron chi connectivity index (χ2n) is 6.36. The van der Waals surface area contributed by atoms with Crippen molar-refractivity contribution in [2.75, 3.05) is 43.1 Å². The summed E-state index contributed by atoms with van der Waals surface area (Å²) in [6, 6.07) is 11.6. The maximum atomic E-state index is 12.2. The molecule has 10 heteroatoms. The first-order valence-corrected chi connectivity index (χ1v) is 9.80. The fourth-order valence-corrected chi connectivity index (χ4v) is 3.87. The quantitative estimate of drug-likeness (QED) is 0.488. The highest BCUT2D eigenvalue weighted by molar-refractivity contribution is 7.22. The number of nitrogens with one attached hydrogen (secondary N) is 1. The van der Waals surface area contributed by atoms with E-state index in [0.717, 1.165) is 42.2 Å². The number of nitro groups is 1. The number of ether oxygens (including phenoxy) is 2. The highest BCUT2D eigenvalue weighted by atomic mass is 32.1. The molecule has 0 atom stereocenters. The number of hydrogen-bond acceptors (Lipinski definition) is 8. The molecule has 2 aromatic carbocycles. The fraction of sp³-hybridized carbons (Fsp3) is 0.263. The van der Waals surface area contributed by atoms with Crippen LogP contribution in [-0.2, 0) is 9.53 Å². The van der Waals surface area contributed by atoms with Gasteiger partial charge in [0.2, 0.25) is 0 Å². The second kappa shape index (κ2) is 8.41. The third-order valence-electron chi connectivity index (χ3n) is 4.41. The Balaban J connectivity index is 1.36. The molecule has 29 heavy (non-hydrogen) atoms. The minimum atomic E-state index is -0.492. The third kappa shape index (κ3) is 4.61. The van der Waals surface area contributed by atoms with Gasteiger partial charge in [-0.1, -0.05) is 11.3 Å². The Hall–Kier alpha value is -3.24. The van der Waals surface area contributed by atoms with Crippen molar-refractivity contribution in [2.45, 2.75) is 0 Å². The Morgan fingerprint density at radius 3 is 2.72 bits per heavy atom. The van der Waals surface area contributed by atoms with Crippen LogP contribution >= 0.6 is 11.3 Å². The molecule has 2 heterocycles. The van der Waals surface area contributed by atoms with Gasteiger partial charge in [0.1, 0.15) is 5.75 Å². The van der Waals surface area contributed by atoms with Crippen molar-refractivity contribution in [1.82, 2.24) is 4.98 Å². The van der Waals surface area contributed by atoms with E-state index in [4.69, 9.17) is 9.47 Å². The van der Waals surface area contributed by atoms with Crippen molar-refractivity contribution in [2.24, 2.45) is 0 Å². The molecule has 1 aliphatic heterocycles. The number of aromatic nitrogens is 1. The SMILES string of the molecule is O=C(COc1ccc([N+](=O)[O-])cc1)Nc1nc2ccc(N3CCOCC3)cc2s1. The monoisotopic (exact) mass is 414 g/mol. The summed E-state index contributed by atoms with van der Waals surface area (Å²) in [5.41, 5.74) is 1.90. The van der Waals surface area contributed by atoms with Crippen LogP contribution in [0, 0.1) is 10.1 Å². The molecule has 1 fully saturated rings. The van der Waals surface area contributed by atoms with Crippen LogP contribution in [0.1, 0.15) is 0 Å². The van der Waals surface area contributed by atoms with Crippen molar-refractivity contribution in [3.8, 4) is 5.75 Å². The van der Waals surface area contributed by atoms with Gasteiger partial charge < -0.3 is 14.4 Å². The molecule has 0 aliphatic carbocycles. The lowest BCUT2D eigenvalue weighted by Gasteiger charge is -2.28. The second-order valence-corrected chi connectivity index (χ2v) is 7.39. The maximum Gasteiger partial charge on any atom is 0.269 e. The van der Waals surface area contributed by atoms with E-state index in [1.807, 2.05) is 12.1 Å². The largest absolute Gasteiger partial charge is 0.484 e. The number of fused-ring (bicyclic) bond motifs is 1. The summed E-state index contributed by atoms with van der Waals surface area (Å²) < 4.78 is 11.7. The molecular weight excluding hydrogens is 396 g/mol. The van der Waals surface area contributed by atoms with Crippen LogP contribution in [0.4, 0.5) is 16.5 Å². The van der Waals surface area contributed by atoms with Gasteiger partial charge in [-0.2, -0.15) is 0 Å². The first kappa shape index (κ1) is 19.1. The molecule has 9 nitrogen and oxygen atoms in total. The number of nitrogens with zero attached hydrogens (tertiary/aromatic N) is 3.